The van der Waals surface area contributed by atoms with E-state index >= 15 is 0 Å². The molecule has 0 spiro atoms. The van der Waals surface area contributed by atoms with E-state index in [4.69, 9.17) is 15.7 Å². The molecule has 0 bridgehead atoms. The van der Waals surface area contributed by atoms with Gasteiger partial charge in [0, 0.05) is 19.6 Å². The molecular formula is C9H17N3O. The van der Waals surface area contributed by atoms with Crippen molar-refractivity contribution in [3.63, 3.8) is 0 Å². The summed E-state index contributed by atoms with van der Waals surface area (Å²) in [5, 5.41) is 8.76. The van der Waals surface area contributed by atoms with Gasteiger partial charge in [0.05, 0.1) is 18.8 Å². The third-order valence-electron chi connectivity index (χ3n) is 2.13. The van der Waals surface area contributed by atoms with Gasteiger partial charge in [0.15, 0.2) is 0 Å². The maximum absolute atomic E-state index is 8.76. The molecule has 1 aliphatic heterocycles. The van der Waals surface area contributed by atoms with E-state index in [9.17, 15) is 0 Å². The van der Waals surface area contributed by atoms with Crippen LogP contribution in [0.15, 0.2) is 0 Å². The van der Waals surface area contributed by atoms with Crippen LogP contribution >= 0.6 is 0 Å². The predicted molar refractivity (Wildman–Crippen MR) is 50.1 cm³/mol. The molecular weight excluding hydrogens is 166 g/mol. The molecule has 0 aromatic heterocycles. The molecule has 4 heteroatoms. The van der Waals surface area contributed by atoms with Crippen molar-refractivity contribution in [2.45, 2.75) is 25.5 Å². The number of nitrogens with two attached hydrogens (primary N) is 1. The standard InChI is InChI=1S/C9H17N3O/c1-8-5-12(3-4-13-8)7-9(2,11)6-10/h8H,3-5,7,11H2,1-2H3. The molecule has 1 heterocycles. The second-order valence-electron chi connectivity index (χ2n) is 3.95. The molecule has 0 aliphatic carbocycles. The molecule has 0 radical (unpaired) electrons. The summed E-state index contributed by atoms with van der Waals surface area (Å²) < 4.78 is 5.39. The minimum Gasteiger partial charge on any atom is -0.376 e. The lowest BCUT2D eigenvalue weighted by Gasteiger charge is -2.34. The van der Waals surface area contributed by atoms with Gasteiger partial charge in [0.2, 0.25) is 0 Å². The van der Waals surface area contributed by atoms with Gasteiger partial charge >= 0.3 is 0 Å². The first kappa shape index (κ1) is 10.5. The summed E-state index contributed by atoms with van der Waals surface area (Å²) in [5.41, 5.74) is 5.01. The Kier molecular flexibility index (Phi) is 3.26. The topological polar surface area (TPSA) is 62.3 Å². The first-order chi connectivity index (χ1) is 6.03. The normalized spacial score (nSPS) is 29.2. The summed E-state index contributed by atoms with van der Waals surface area (Å²) in [6, 6.07) is 2.10. The van der Waals surface area contributed by atoms with Crippen LogP contribution in [0.4, 0.5) is 0 Å². The third kappa shape index (κ3) is 3.31. The Morgan fingerprint density at radius 1 is 1.77 bits per heavy atom. The van der Waals surface area contributed by atoms with Gasteiger partial charge in [0.1, 0.15) is 5.54 Å². The Morgan fingerprint density at radius 3 is 3.00 bits per heavy atom. The Balaban J connectivity index is 2.41. The summed E-state index contributed by atoms with van der Waals surface area (Å²) >= 11 is 0. The summed E-state index contributed by atoms with van der Waals surface area (Å²) in [4.78, 5) is 2.18. The van der Waals surface area contributed by atoms with Crippen LogP contribution in [0.25, 0.3) is 0 Å². The fraction of sp³-hybridized carbons (Fsp3) is 0.889. The molecule has 1 saturated heterocycles. The van der Waals surface area contributed by atoms with Gasteiger partial charge in [-0.25, -0.2) is 0 Å². The second-order valence-corrected chi connectivity index (χ2v) is 3.95. The molecule has 13 heavy (non-hydrogen) atoms. The lowest BCUT2D eigenvalue weighted by molar-refractivity contribution is -0.0217. The highest BCUT2D eigenvalue weighted by molar-refractivity contribution is 5.03. The zero-order chi connectivity index (χ0) is 9.90. The summed E-state index contributed by atoms with van der Waals surface area (Å²) in [6.07, 6.45) is 0.253. The van der Waals surface area contributed by atoms with Gasteiger partial charge in [-0.1, -0.05) is 0 Å². The highest BCUT2D eigenvalue weighted by atomic mass is 16.5. The molecule has 74 valence electrons. The number of rotatable bonds is 2. The maximum Gasteiger partial charge on any atom is 0.114 e. The number of hydrogen-bond acceptors (Lipinski definition) is 4. The van der Waals surface area contributed by atoms with E-state index in [1.165, 1.54) is 0 Å². The summed E-state index contributed by atoms with van der Waals surface area (Å²) in [7, 11) is 0. The highest BCUT2D eigenvalue weighted by Gasteiger charge is 2.25. The number of hydrogen-bond donors (Lipinski definition) is 1. The van der Waals surface area contributed by atoms with E-state index < -0.39 is 5.54 Å². The zero-order valence-corrected chi connectivity index (χ0v) is 8.29. The van der Waals surface area contributed by atoms with Crippen molar-refractivity contribution in [3.8, 4) is 6.07 Å². The lowest BCUT2D eigenvalue weighted by atomic mass is 10.1. The molecule has 2 atom stereocenters. The van der Waals surface area contributed by atoms with Gasteiger partial charge in [0.25, 0.3) is 0 Å². The van der Waals surface area contributed by atoms with Crippen LogP contribution < -0.4 is 5.73 Å². The minimum atomic E-state index is -0.739. The highest BCUT2D eigenvalue weighted by Crippen LogP contribution is 2.08. The Morgan fingerprint density at radius 2 is 2.46 bits per heavy atom. The van der Waals surface area contributed by atoms with E-state index in [1.54, 1.807) is 6.92 Å². The van der Waals surface area contributed by atoms with Crippen molar-refractivity contribution in [2.75, 3.05) is 26.2 Å². The Bertz CT molecular complexity index is 209. The van der Waals surface area contributed by atoms with Crippen molar-refractivity contribution in [1.82, 2.24) is 4.90 Å². The first-order valence-corrected chi connectivity index (χ1v) is 4.57. The molecule has 0 aromatic rings. The summed E-state index contributed by atoms with van der Waals surface area (Å²) in [5.74, 6) is 0. The SMILES string of the molecule is CC1CN(CC(C)(N)C#N)CCO1. The van der Waals surface area contributed by atoms with Crippen molar-refractivity contribution >= 4 is 0 Å². The monoisotopic (exact) mass is 183 g/mol. The number of nitriles is 1. The van der Waals surface area contributed by atoms with Crippen molar-refractivity contribution in [1.29, 1.82) is 5.26 Å². The molecule has 0 saturated carbocycles. The number of nitrogens with zero attached hydrogens (tertiary/aromatic N) is 2. The van der Waals surface area contributed by atoms with Crippen molar-refractivity contribution < 1.29 is 4.74 Å². The second kappa shape index (κ2) is 4.05. The Hall–Kier alpha value is -0.630. The molecule has 0 aromatic carbocycles. The van der Waals surface area contributed by atoms with Crippen LogP contribution in [0.3, 0.4) is 0 Å². The molecule has 1 aliphatic rings. The molecule has 0 amide bonds. The van der Waals surface area contributed by atoms with Crippen LogP contribution in [0.2, 0.25) is 0 Å². The molecule has 1 fully saturated rings. The fourth-order valence-corrected chi connectivity index (χ4v) is 1.53. The third-order valence-corrected chi connectivity index (χ3v) is 2.13. The molecule has 1 rings (SSSR count). The maximum atomic E-state index is 8.76. The summed E-state index contributed by atoms with van der Waals surface area (Å²) in [6.45, 7) is 6.90. The van der Waals surface area contributed by atoms with Gasteiger partial charge in [-0.05, 0) is 13.8 Å². The average Bonchev–Trinajstić information content (AvgIpc) is 2.03. The zero-order valence-electron chi connectivity index (χ0n) is 8.29. The van der Waals surface area contributed by atoms with Crippen molar-refractivity contribution in [3.05, 3.63) is 0 Å². The van der Waals surface area contributed by atoms with E-state index in [0.717, 1.165) is 19.7 Å². The van der Waals surface area contributed by atoms with Crippen LogP contribution in [-0.2, 0) is 4.74 Å². The van der Waals surface area contributed by atoms with Crippen molar-refractivity contribution in [2.24, 2.45) is 5.73 Å². The van der Waals surface area contributed by atoms with Crippen LogP contribution in [0.5, 0.6) is 0 Å². The molecule has 4 nitrogen and oxygen atoms in total. The number of ether oxygens (including phenoxy) is 1. The quantitative estimate of drug-likeness (QED) is 0.652. The molecule has 2 unspecified atom stereocenters. The van der Waals surface area contributed by atoms with Gasteiger partial charge in [-0.3, -0.25) is 4.90 Å². The first-order valence-electron chi connectivity index (χ1n) is 4.57. The number of morpholine rings is 1. The van der Waals surface area contributed by atoms with E-state index in [1.807, 2.05) is 6.92 Å². The van der Waals surface area contributed by atoms with Crippen LogP contribution in [0, 0.1) is 11.3 Å². The lowest BCUT2D eigenvalue weighted by Crippen LogP contribution is -2.51. The molecule has 2 N–H and O–H groups in total. The van der Waals surface area contributed by atoms with E-state index in [0.29, 0.717) is 6.54 Å². The predicted octanol–water partition coefficient (Wildman–Crippen LogP) is -0.0519. The fourth-order valence-electron chi connectivity index (χ4n) is 1.53. The van der Waals surface area contributed by atoms with Gasteiger partial charge < -0.3 is 10.5 Å². The van der Waals surface area contributed by atoms with Gasteiger partial charge in [-0.2, -0.15) is 5.26 Å². The Labute approximate surface area is 79.3 Å². The smallest absolute Gasteiger partial charge is 0.114 e. The van der Waals surface area contributed by atoms with E-state index in [-0.39, 0.29) is 6.10 Å². The average molecular weight is 183 g/mol. The van der Waals surface area contributed by atoms with E-state index in [2.05, 4.69) is 11.0 Å². The minimum absolute atomic E-state index is 0.253. The van der Waals surface area contributed by atoms with Crippen LogP contribution in [-0.4, -0.2) is 42.8 Å². The largest absolute Gasteiger partial charge is 0.376 e. The van der Waals surface area contributed by atoms with Crippen LogP contribution in [0.1, 0.15) is 13.8 Å². The van der Waals surface area contributed by atoms with Gasteiger partial charge in [-0.15, -0.1) is 0 Å².